The molecule has 0 saturated carbocycles. The van der Waals surface area contributed by atoms with Crippen LogP contribution in [0, 0.1) is 6.92 Å². The number of nitrogens with one attached hydrogen (secondary N) is 2. The lowest BCUT2D eigenvalue weighted by atomic mass is 10.1. The van der Waals surface area contributed by atoms with Gasteiger partial charge < -0.3 is 30.6 Å². The first-order valence-electron chi connectivity index (χ1n) is 12.3. The van der Waals surface area contributed by atoms with Crippen LogP contribution in [0.25, 0.3) is 21.1 Å². The van der Waals surface area contributed by atoms with E-state index in [1.807, 2.05) is 36.6 Å². The van der Waals surface area contributed by atoms with Crippen LogP contribution in [0.1, 0.15) is 15.9 Å². The van der Waals surface area contributed by atoms with E-state index in [1.54, 1.807) is 51.7 Å². The molecule has 0 radical (unpaired) electrons. The lowest BCUT2D eigenvalue weighted by Crippen LogP contribution is -2.12. The average Bonchev–Trinajstić information content (AvgIpc) is 3.60. The molecule has 12 heteroatoms. The summed E-state index contributed by atoms with van der Waals surface area (Å²) >= 11 is 8.94. The fourth-order valence-corrected chi connectivity index (χ4v) is 6.02. The van der Waals surface area contributed by atoms with E-state index in [2.05, 4.69) is 15.6 Å². The Bertz CT molecular complexity index is 1710. The first-order valence-corrected chi connectivity index (χ1v) is 14.3. The molecule has 0 fully saturated rings. The number of hydrogen-bond acceptors (Lipinski definition) is 10. The van der Waals surface area contributed by atoms with E-state index in [0.29, 0.717) is 50.2 Å². The maximum absolute atomic E-state index is 12.8. The highest BCUT2D eigenvalue weighted by molar-refractivity contribution is 7.23. The highest BCUT2D eigenvalue weighted by Crippen LogP contribution is 2.43. The number of aryl methyl sites for hydroxylation is 1. The molecule has 0 atom stereocenters. The number of amides is 1. The topological polar surface area (TPSA) is 121 Å². The smallest absolute Gasteiger partial charge is 0.255 e. The Hall–Kier alpha value is -4.32. The van der Waals surface area contributed by atoms with Gasteiger partial charge in [-0.3, -0.25) is 4.79 Å². The summed E-state index contributed by atoms with van der Waals surface area (Å²) in [4.78, 5) is 22.8. The maximum Gasteiger partial charge on any atom is 0.255 e. The highest BCUT2D eigenvalue weighted by atomic mass is 35.5. The molecular weight excluding hydrogens is 582 g/mol. The van der Waals surface area contributed by atoms with Crippen LogP contribution in [0.15, 0.2) is 60.0 Å². The first-order chi connectivity index (χ1) is 19.8. The molecule has 1 amide bonds. The second-order valence-electron chi connectivity index (χ2n) is 8.81. The van der Waals surface area contributed by atoms with Gasteiger partial charge in [-0.2, -0.15) is 0 Å². The van der Waals surface area contributed by atoms with Crippen LogP contribution in [0.2, 0.25) is 5.02 Å². The summed E-state index contributed by atoms with van der Waals surface area (Å²) in [5.74, 6) is 1.69. The largest absolute Gasteiger partial charge is 0.493 e. The van der Waals surface area contributed by atoms with E-state index in [9.17, 15) is 4.79 Å². The van der Waals surface area contributed by atoms with Gasteiger partial charge in [0.2, 0.25) is 5.75 Å². The van der Waals surface area contributed by atoms with Crippen molar-refractivity contribution in [1.82, 2.24) is 9.97 Å². The highest BCUT2D eigenvalue weighted by Gasteiger charge is 2.18. The van der Waals surface area contributed by atoms with Crippen molar-refractivity contribution in [2.24, 2.45) is 0 Å². The predicted molar refractivity (Wildman–Crippen MR) is 167 cm³/mol. The normalized spacial score (nSPS) is 10.8. The van der Waals surface area contributed by atoms with Crippen LogP contribution in [0.4, 0.5) is 22.3 Å². The van der Waals surface area contributed by atoms with Crippen molar-refractivity contribution in [3.05, 3.63) is 76.1 Å². The van der Waals surface area contributed by atoms with E-state index in [1.165, 1.54) is 22.7 Å². The van der Waals surface area contributed by atoms with Gasteiger partial charge in [-0.1, -0.05) is 35.1 Å². The standard InChI is InChI=1S/C29H26ClN5O4S2/c1-15-10-17(8-9-20(15)30)27(36)32-18-7-5-6-16(11-18)21-14-40-28(34-21)25-26(31)35-29(41-25)33-19-12-22(37-2)24(39-4)23(13-19)38-3/h5-14H,31H2,1-4H3,(H,32,36)(H,33,35). The molecule has 0 aliphatic heterocycles. The lowest BCUT2D eigenvalue weighted by molar-refractivity contribution is 0.102. The number of aromatic nitrogens is 2. The minimum absolute atomic E-state index is 0.217. The van der Waals surface area contributed by atoms with E-state index in [-0.39, 0.29) is 5.91 Å². The predicted octanol–water partition coefficient (Wildman–Crippen LogP) is 7.50. The van der Waals surface area contributed by atoms with Gasteiger partial charge in [0.1, 0.15) is 15.7 Å². The number of nitrogen functional groups attached to an aromatic ring is 1. The number of rotatable bonds is 9. The van der Waals surface area contributed by atoms with E-state index in [0.717, 1.165) is 26.7 Å². The number of halogens is 1. The zero-order valence-electron chi connectivity index (χ0n) is 22.6. The fraction of sp³-hybridized carbons (Fsp3) is 0.138. The van der Waals surface area contributed by atoms with Crippen molar-refractivity contribution in [2.75, 3.05) is 37.7 Å². The Labute approximate surface area is 249 Å². The molecular formula is C29H26ClN5O4S2. The first kappa shape index (κ1) is 28.2. The molecule has 4 N–H and O–H groups in total. The number of thiazole rings is 2. The molecule has 2 aromatic heterocycles. The molecule has 0 unspecified atom stereocenters. The third-order valence-electron chi connectivity index (χ3n) is 6.10. The van der Waals surface area contributed by atoms with E-state index in [4.69, 9.17) is 36.5 Å². The molecule has 0 aliphatic rings. The summed E-state index contributed by atoms with van der Waals surface area (Å²) in [6.45, 7) is 1.86. The molecule has 5 aromatic rings. The van der Waals surface area contributed by atoms with Crippen LogP contribution in [0.3, 0.4) is 0 Å². The Morgan fingerprint density at radius 3 is 2.39 bits per heavy atom. The van der Waals surface area contributed by atoms with Crippen molar-refractivity contribution in [3.63, 3.8) is 0 Å². The summed E-state index contributed by atoms with van der Waals surface area (Å²) in [5.41, 5.74) is 10.6. The van der Waals surface area contributed by atoms with Gasteiger partial charge in [-0.05, 0) is 42.8 Å². The molecule has 3 aromatic carbocycles. The average molecular weight is 608 g/mol. The number of nitrogens with two attached hydrogens (primary N) is 1. The molecule has 41 heavy (non-hydrogen) atoms. The van der Waals surface area contributed by atoms with Crippen molar-refractivity contribution < 1.29 is 19.0 Å². The van der Waals surface area contributed by atoms with E-state index < -0.39 is 0 Å². The summed E-state index contributed by atoms with van der Waals surface area (Å²) in [5, 5.41) is 10.1. The number of carbonyl (C=O) groups is 1. The van der Waals surface area contributed by atoms with Gasteiger partial charge in [0.25, 0.3) is 5.91 Å². The van der Waals surface area contributed by atoms with Crippen LogP contribution < -0.4 is 30.6 Å². The number of nitrogens with zero attached hydrogens (tertiary/aromatic N) is 2. The minimum Gasteiger partial charge on any atom is -0.493 e. The minimum atomic E-state index is -0.217. The van der Waals surface area contributed by atoms with Gasteiger partial charge in [-0.15, -0.1) is 11.3 Å². The molecule has 9 nitrogen and oxygen atoms in total. The quantitative estimate of drug-likeness (QED) is 0.157. The maximum atomic E-state index is 12.8. The summed E-state index contributed by atoms with van der Waals surface area (Å²) in [7, 11) is 4.67. The second-order valence-corrected chi connectivity index (χ2v) is 11.1. The number of benzene rings is 3. The fourth-order valence-electron chi connectivity index (χ4n) is 4.07. The third-order valence-corrected chi connectivity index (χ3v) is 8.51. The van der Waals surface area contributed by atoms with Gasteiger partial charge >= 0.3 is 0 Å². The zero-order chi connectivity index (χ0) is 29.1. The third kappa shape index (κ3) is 6.07. The van der Waals surface area contributed by atoms with Crippen LogP contribution >= 0.6 is 34.3 Å². The van der Waals surface area contributed by atoms with Crippen molar-refractivity contribution >= 4 is 62.5 Å². The number of methoxy groups -OCH3 is 3. The number of ether oxygens (including phenoxy) is 3. The van der Waals surface area contributed by atoms with Crippen LogP contribution in [-0.4, -0.2) is 37.2 Å². The van der Waals surface area contributed by atoms with Crippen LogP contribution in [-0.2, 0) is 0 Å². The van der Waals surface area contributed by atoms with E-state index >= 15 is 0 Å². The molecule has 0 spiro atoms. The number of hydrogen-bond donors (Lipinski definition) is 3. The Kier molecular flexibility index (Phi) is 8.29. The number of carbonyl (C=O) groups excluding carboxylic acids is 1. The summed E-state index contributed by atoms with van der Waals surface area (Å²) in [6.07, 6.45) is 0. The second kappa shape index (κ2) is 12.0. The summed E-state index contributed by atoms with van der Waals surface area (Å²) in [6, 6.07) is 16.3. The molecule has 0 aliphatic carbocycles. The Morgan fingerprint density at radius 2 is 1.71 bits per heavy atom. The van der Waals surface area contributed by atoms with Gasteiger partial charge in [-0.25, -0.2) is 9.97 Å². The van der Waals surface area contributed by atoms with Gasteiger partial charge in [0, 0.05) is 45.0 Å². The van der Waals surface area contributed by atoms with Crippen molar-refractivity contribution in [2.45, 2.75) is 6.92 Å². The monoisotopic (exact) mass is 607 g/mol. The molecule has 2 heterocycles. The summed E-state index contributed by atoms with van der Waals surface area (Å²) < 4.78 is 16.3. The molecule has 0 saturated heterocycles. The lowest BCUT2D eigenvalue weighted by Gasteiger charge is -2.14. The Balaban J connectivity index is 1.34. The Morgan fingerprint density at radius 1 is 0.951 bits per heavy atom. The zero-order valence-corrected chi connectivity index (χ0v) is 25.0. The van der Waals surface area contributed by atoms with Crippen LogP contribution in [0.5, 0.6) is 17.2 Å². The molecule has 210 valence electrons. The molecule has 5 rings (SSSR count). The molecule has 0 bridgehead atoms. The van der Waals surface area contributed by atoms with Gasteiger partial charge in [0.15, 0.2) is 16.6 Å². The number of anilines is 4. The SMILES string of the molecule is COc1cc(Nc2nc(N)c(-c3nc(-c4cccc(NC(=O)c5ccc(Cl)c(C)c5)c4)cs3)s2)cc(OC)c1OC. The van der Waals surface area contributed by atoms with Crippen molar-refractivity contribution in [1.29, 1.82) is 0 Å². The van der Waals surface area contributed by atoms with Crippen molar-refractivity contribution in [3.8, 4) is 38.4 Å². The van der Waals surface area contributed by atoms with Gasteiger partial charge in [0.05, 0.1) is 27.0 Å².